The molecule has 3 aliphatic heterocycles. The van der Waals surface area contributed by atoms with Crippen molar-refractivity contribution in [3.05, 3.63) is 46.7 Å². The van der Waals surface area contributed by atoms with Crippen LogP contribution in [0, 0.1) is 0 Å². The first-order valence-corrected chi connectivity index (χ1v) is 12.2. The molecular weight excluding hydrogens is 537 g/mol. The van der Waals surface area contributed by atoms with Crippen LogP contribution in [0.3, 0.4) is 0 Å². The zero-order valence-electron chi connectivity index (χ0n) is 19.6. The zero-order chi connectivity index (χ0) is 26.0. The van der Waals surface area contributed by atoms with Gasteiger partial charge in [-0.25, -0.2) is 14.8 Å². The van der Waals surface area contributed by atoms with E-state index in [-0.39, 0.29) is 31.2 Å². The number of carbonyl (C=O) groups excluding carboxylic acids is 4. The summed E-state index contributed by atoms with van der Waals surface area (Å²) in [6.45, 7) is 1.81. The van der Waals surface area contributed by atoms with Gasteiger partial charge in [0.1, 0.15) is 29.2 Å². The standard InChI is InChI=1S/C23H27BrFN7O4/c1-14(33)30-8-5-15(6-9-30)23(22(26)36)7-10-31(29-23)13-20(34)32-12-16(25)11-17(32)21(35)28-19-4-2-3-18(24)27-19/h2-5,7,10,16-17,29H,6,8-9,11-13H2,1H3,(H2,26,36)(H,27,28,35)/t16-,17+,23?/m1/s1. The molecule has 3 atom stereocenters. The third-order valence-electron chi connectivity index (χ3n) is 6.52. The monoisotopic (exact) mass is 563 g/mol. The van der Waals surface area contributed by atoms with Crippen molar-refractivity contribution in [1.82, 2.24) is 25.2 Å². The lowest BCUT2D eigenvalue weighted by Crippen LogP contribution is -2.59. The van der Waals surface area contributed by atoms with Crippen molar-refractivity contribution in [3.63, 3.8) is 0 Å². The molecule has 0 radical (unpaired) electrons. The van der Waals surface area contributed by atoms with Crippen molar-refractivity contribution in [2.24, 2.45) is 5.73 Å². The fourth-order valence-electron chi connectivity index (χ4n) is 4.62. The highest BCUT2D eigenvalue weighted by atomic mass is 79.9. The van der Waals surface area contributed by atoms with Crippen molar-refractivity contribution in [2.75, 3.05) is 31.5 Å². The Labute approximate surface area is 215 Å². The van der Waals surface area contributed by atoms with Gasteiger partial charge in [-0.1, -0.05) is 12.1 Å². The molecular formula is C23H27BrFN7O4. The number of primary amides is 1. The smallest absolute Gasteiger partial charge is 0.248 e. The van der Waals surface area contributed by atoms with E-state index in [0.717, 1.165) is 0 Å². The number of carbonyl (C=O) groups is 4. The summed E-state index contributed by atoms with van der Waals surface area (Å²) in [7, 11) is 0. The maximum absolute atomic E-state index is 14.3. The number of hydrogen-bond acceptors (Lipinski definition) is 7. The van der Waals surface area contributed by atoms with E-state index in [0.29, 0.717) is 29.7 Å². The number of aromatic nitrogens is 1. The molecule has 13 heteroatoms. The van der Waals surface area contributed by atoms with Gasteiger partial charge in [0, 0.05) is 32.6 Å². The first-order valence-electron chi connectivity index (χ1n) is 11.4. The first kappa shape index (κ1) is 25.8. The Morgan fingerprint density at radius 3 is 2.75 bits per heavy atom. The maximum Gasteiger partial charge on any atom is 0.248 e. The van der Waals surface area contributed by atoms with Gasteiger partial charge in [-0.15, -0.1) is 0 Å². The van der Waals surface area contributed by atoms with Gasteiger partial charge in [0.05, 0.1) is 6.54 Å². The molecule has 1 unspecified atom stereocenters. The number of anilines is 1. The van der Waals surface area contributed by atoms with E-state index in [4.69, 9.17) is 5.73 Å². The van der Waals surface area contributed by atoms with Crippen molar-refractivity contribution in [3.8, 4) is 0 Å². The lowest BCUT2D eigenvalue weighted by molar-refractivity contribution is -0.138. The van der Waals surface area contributed by atoms with Gasteiger partial charge in [-0.3, -0.25) is 19.2 Å². The fraction of sp³-hybridized carbons (Fsp3) is 0.435. The molecule has 4 heterocycles. The SMILES string of the molecule is CC(=O)N1CC=C(C2(C(N)=O)C=CN(CC(=O)N3C[C@H](F)C[C@H]3C(=O)Nc3cccc(Br)n3)N2)CC1. The number of nitrogens with one attached hydrogen (secondary N) is 2. The van der Waals surface area contributed by atoms with Crippen LogP contribution in [-0.4, -0.2) is 87.4 Å². The van der Waals surface area contributed by atoms with Crippen LogP contribution in [-0.2, 0) is 19.2 Å². The molecule has 36 heavy (non-hydrogen) atoms. The number of nitrogens with zero attached hydrogens (tertiary/aromatic N) is 4. The van der Waals surface area contributed by atoms with Gasteiger partial charge in [-0.05, 0) is 46.1 Å². The fourth-order valence-corrected chi connectivity index (χ4v) is 4.96. The molecule has 0 aromatic carbocycles. The Morgan fingerprint density at radius 2 is 2.11 bits per heavy atom. The molecule has 3 aliphatic rings. The number of pyridine rings is 1. The normalized spacial score (nSPS) is 25.6. The molecule has 192 valence electrons. The molecule has 1 saturated heterocycles. The molecule has 1 aromatic rings. The number of rotatable bonds is 6. The van der Waals surface area contributed by atoms with Crippen LogP contribution >= 0.6 is 15.9 Å². The van der Waals surface area contributed by atoms with Crippen LogP contribution in [0.2, 0.25) is 0 Å². The zero-order valence-corrected chi connectivity index (χ0v) is 21.2. The van der Waals surface area contributed by atoms with Crippen LogP contribution in [0.5, 0.6) is 0 Å². The Balaban J connectivity index is 1.42. The predicted octanol–water partition coefficient (Wildman–Crippen LogP) is 0.458. The molecule has 0 saturated carbocycles. The van der Waals surface area contributed by atoms with Gasteiger partial charge in [0.2, 0.25) is 23.6 Å². The lowest BCUT2D eigenvalue weighted by Gasteiger charge is -2.35. The van der Waals surface area contributed by atoms with E-state index in [1.807, 2.05) is 0 Å². The summed E-state index contributed by atoms with van der Waals surface area (Å²) in [5.41, 5.74) is 8.08. The highest BCUT2D eigenvalue weighted by molar-refractivity contribution is 9.10. The summed E-state index contributed by atoms with van der Waals surface area (Å²) in [4.78, 5) is 57.0. The highest BCUT2D eigenvalue weighted by Crippen LogP contribution is 2.30. The summed E-state index contributed by atoms with van der Waals surface area (Å²) in [6, 6.07) is 3.98. The Kier molecular flexibility index (Phi) is 7.41. The summed E-state index contributed by atoms with van der Waals surface area (Å²) < 4.78 is 14.8. The minimum atomic E-state index is -1.34. The molecule has 4 amide bonds. The Morgan fingerprint density at radius 1 is 1.33 bits per heavy atom. The average molecular weight is 564 g/mol. The third kappa shape index (κ3) is 5.26. The number of amides is 4. The number of hydrazine groups is 1. The Bertz CT molecular complexity index is 1150. The Hall–Kier alpha value is -3.32. The van der Waals surface area contributed by atoms with Crippen LogP contribution in [0.15, 0.2) is 46.7 Å². The topological polar surface area (TPSA) is 141 Å². The second-order valence-corrected chi connectivity index (χ2v) is 9.71. The molecule has 4 N–H and O–H groups in total. The van der Waals surface area contributed by atoms with Gasteiger partial charge in [0.15, 0.2) is 5.54 Å². The molecule has 11 nitrogen and oxygen atoms in total. The minimum absolute atomic E-state index is 0.0633. The number of halogens is 2. The third-order valence-corrected chi connectivity index (χ3v) is 6.96. The summed E-state index contributed by atoms with van der Waals surface area (Å²) >= 11 is 3.23. The van der Waals surface area contributed by atoms with Gasteiger partial charge in [-0.2, -0.15) is 0 Å². The molecule has 1 aromatic heterocycles. The minimum Gasteiger partial charge on any atom is -0.367 e. The number of alkyl halides is 1. The quantitative estimate of drug-likeness (QED) is 0.337. The van der Waals surface area contributed by atoms with Crippen molar-refractivity contribution in [2.45, 2.75) is 37.5 Å². The van der Waals surface area contributed by atoms with E-state index >= 15 is 0 Å². The van der Waals surface area contributed by atoms with Crippen LogP contribution in [0.4, 0.5) is 10.2 Å². The van der Waals surface area contributed by atoms with Crippen LogP contribution < -0.4 is 16.5 Å². The van der Waals surface area contributed by atoms with Crippen LogP contribution in [0.25, 0.3) is 0 Å². The van der Waals surface area contributed by atoms with Crippen molar-refractivity contribution < 1.29 is 23.6 Å². The molecule has 1 fully saturated rings. The van der Waals surface area contributed by atoms with Gasteiger partial charge in [0.25, 0.3) is 0 Å². The molecule has 0 spiro atoms. The van der Waals surface area contributed by atoms with E-state index in [9.17, 15) is 23.6 Å². The van der Waals surface area contributed by atoms with E-state index in [2.05, 4.69) is 31.7 Å². The number of hydrogen-bond donors (Lipinski definition) is 3. The first-order chi connectivity index (χ1) is 17.1. The summed E-state index contributed by atoms with van der Waals surface area (Å²) in [6.07, 6.45) is 3.85. The van der Waals surface area contributed by atoms with E-state index in [1.54, 1.807) is 35.3 Å². The van der Waals surface area contributed by atoms with Gasteiger partial charge < -0.3 is 25.9 Å². The van der Waals surface area contributed by atoms with Crippen LogP contribution in [0.1, 0.15) is 19.8 Å². The number of likely N-dealkylation sites (tertiary alicyclic amines) is 1. The van der Waals surface area contributed by atoms with E-state index in [1.165, 1.54) is 23.0 Å². The molecule has 0 aliphatic carbocycles. The average Bonchev–Trinajstić information content (AvgIpc) is 3.44. The van der Waals surface area contributed by atoms with Gasteiger partial charge >= 0.3 is 0 Å². The highest BCUT2D eigenvalue weighted by Gasteiger charge is 2.45. The summed E-state index contributed by atoms with van der Waals surface area (Å²) in [5, 5.41) is 4.03. The second-order valence-electron chi connectivity index (χ2n) is 8.90. The lowest BCUT2D eigenvalue weighted by atomic mass is 9.86. The predicted molar refractivity (Wildman–Crippen MR) is 131 cm³/mol. The maximum atomic E-state index is 14.3. The molecule has 0 bridgehead atoms. The largest absolute Gasteiger partial charge is 0.367 e. The number of nitrogens with two attached hydrogens (primary N) is 1. The van der Waals surface area contributed by atoms with E-state index < -0.39 is 35.5 Å². The second kappa shape index (κ2) is 10.3. The molecule has 4 rings (SSSR count). The van der Waals surface area contributed by atoms with Crippen molar-refractivity contribution >= 4 is 45.4 Å². The summed E-state index contributed by atoms with van der Waals surface area (Å²) in [5.74, 6) is -1.46. The van der Waals surface area contributed by atoms with Crippen molar-refractivity contribution in [1.29, 1.82) is 0 Å².